The molecule has 0 atom stereocenters. The van der Waals surface area contributed by atoms with Gasteiger partial charge in [0.1, 0.15) is 4.21 Å². The molecule has 0 N–H and O–H groups in total. The zero-order valence-electron chi connectivity index (χ0n) is 13.2. The molecule has 0 bridgehead atoms. The van der Waals surface area contributed by atoms with E-state index in [1.165, 1.54) is 7.05 Å². The van der Waals surface area contributed by atoms with Gasteiger partial charge in [-0.25, -0.2) is 8.42 Å². The minimum atomic E-state index is -3.62. The molecular weight excluding hydrogens is 364 g/mol. The molecule has 0 saturated heterocycles. The maximum Gasteiger partial charge on any atom is 0.252 e. The van der Waals surface area contributed by atoms with Crippen molar-refractivity contribution in [3.63, 3.8) is 0 Å². The largest absolute Gasteiger partial charge is 0.310 e. The summed E-state index contributed by atoms with van der Waals surface area (Å²) in [6.07, 6.45) is 0.881. The first kappa shape index (κ1) is 17.5. The summed E-state index contributed by atoms with van der Waals surface area (Å²) in [5.41, 5.74) is 0.868. The van der Waals surface area contributed by atoms with Gasteiger partial charge in [0.25, 0.3) is 10.0 Å². The average Bonchev–Trinajstić information content (AvgIpc) is 3.02. The van der Waals surface area contributed by atoms with E-state index in [9.17, 15) is 13.2 Å². The highest BCUT2D eigenvalue weighted by Gasteiger charge is 2.28. The topological polar surface area (TPSA) is 57.7 Å². The van der Waals surface area contributed by atoms with Crippen molar-refractivity contribution in [1.29, 1.82) is 0 Å². The highest BCUT2D eigenvalue weighted by atomic mass is 32.2. The molecule has 0 aliphatic carbocycles. The van der Waals surface area contributed by atoms with Gasteiger partial charge in [-0.1, -0.05) is 18.2 Å². The Bertz CT molecular complexity index is 819. The van der Waals surface area contributed by atoms with E-state index in [-0.39, 0.29) is 16.7 Å². The number of carbonyl (C=O) groups is 1. The number of likely N-dealkylation sites (N-methyl/N-ethyl adjacent to an activating group) is 1. The Morgan fingerprint density at radius 1 is 1.25 bits per heavy atom. The second kappa shape index (κ2) is 7.26. The first-order valence-corrected chi connectivity index (χ1v) is 10.8. The number of hydrogen-bond acceptors (Lipinski definition) is 5. The highest BCUT2D eigenvalue weighted by molar-refractivity contribution is 7.99. The summed E-state index contributed by atoms with van der Waals surface area (Å²) in [5.74, 6) is 0.747. The Hall–Kier alpha value is -1.35. The summed E-state index contributed by atoms with van der Waals surface area (Å²) in [6.45, 7) is 0.439. The van der Waals surface area contributed by atoms with Crippen LogP contribution in [0.5, 0.6) is 0 Å². The number of thiophene rings is 1. The van der Waals surface area contributed by atoms with Crippen LogP contribution in [0.1, 0.15) is 6.42 Å². The lowest BCUT2D eigenvalue weighted by molar-refractivity contribution is -0.118. The molecule has 0 saturated carbocycles. The number of benzene rings is 1. The molecular formula is C16H18N2O3S3. The van der Waals surface area contributed by atoms with E-state index < -0.39 is 10.0 Å². The minimum absolute atomic E-state index is 0.167. The quantitative estimate of drug-likeness (QED) is 0.816. The summed E-state index contributed by atoms with van der Waals surface area (Å²) in [6, 6.07) is 11.0. The molecule has 2 heterocycles. The Balaban J connectivity index is 1.80. The van der Waals surface area contributed by atoms with Crippen LogP contribution in [-0.4, -0.2) is 44.5 Å². The number of thioether (sulfide) groups is 1. The predicted octanol–water partition coefficient (Wildman–Crippen LogP) is 2.90. The Morgan fingerprint density at radius 3 is 2.79 bits per heavy atom. The zero-order chi connectivity index (χ0) is 17.2. The standard InChI is InChI=1S/C16H18N2O3S3/c1-17(24(20,21)16-8-4-10-23-16)12-15(19)18-9-5-11-22-14-7-3-2-6-13(14)18/h2-4,6-8,10H,5,9,11-12H2,1H3. The van der Waals surface area contributed by atoms with Crippen molar-refractivity contribution in [2.75, 3.05) is 30.8 Å². The molecule has 0 spiro atoms. The molecule has 3 rings (SSSR count). The predicted molar refractivity (Wildman–Crippen MR) is 98.3 cm³/mol. The van der Waals surface area contributed by atoms with Gasteiger partial charge >= 0.3 is 0 Å². The molecule has 8 heteroatoms. The second-order valence-corrected chi connectivity index (χ2v) is 9.76. The highest BCUT2D eigenvalue weighted by Crippen LogP contribution is 2.33. The van der Waals surface area contributed by atoms with E-state index >= 15 is 0 Å². The number of amides is 1. The fourth-order valence-electron chi connectivity index (χ4n) is 2.51. The summed E-state index contributed by atoms with van der Waals surface area (Å²) in [5, 5.41) is 1.71. The van der Waals surface area contributed by atoms with Crippen LogP contribution in [0.15, 0.2) is 50.9 Å². The van der Waals surface area contributed by atoms with Crippen molar-refractivity contribution >= 4 is 44.7 Å². The van der Waals surface area contributed by atoms with E-state index in [1.54, 1.807) is 34.2 Å². The molecule has 1 amide bonds. The summed E-state index contributed by atoms with van der Waals surface area (Å²) in [7, 11) is -2.17. The lowest BCUT2D eigenvalue weighted by atomic mass is 10.2. The summed E-state index contributed by atoms with van der Waals surface area (Å²) in [4.78, 5) is 15.5. The van der Waals surface area contributed by atoms with Gasteiger partial charge in [-0.3, -0.25) is 4.79 Å². The van der Waals surface area contributed by atoms with Crippen molar-refractivity contribution in [1.82, 2.24) is 4.31 Å². The SMILES string of the molecule is CN(CC(=O)N1CCCSc2ccccc21)S(=O)(=O)c1cccs1. The van der Waals surface area contributed by atoms with Crippen LogP contribution in [0.4, 0.5) is 5.69 Å². The first-order chi connectivity index (χ1) is 11.5. The number of hydrogen-bond donors (Lipinski definition) is 0. The molecule has 24 heavy (non-hydrogen) atoms. The molecule has 1 aliphatic heterocycles. The molecule has 2 aromatic rings. The maximum atomic E-state index is 12.8. The van der Waals surface area contributed by atoms with Gasteiger partial charge < -0.3 is 4.90 Å². The minimum Gasteiger partial charge on any atom is -0.310 e. The van der Waals surface area contributed by atoms with Crippen molar-refractivity contribution in [2.45, 2.75) is 15.5 Å². The number of nitrogens with zero attached hydrogens (tertiary/aromatic N) is 2. The van der Waals surface area contributed by atoms with Crippen molar-refractivity contribution in [3.8, 4) is 0 Å². The van der Waals surface area contributed by atoms with Gasteiger partial charge in [0.05, 0.1) is 12.2 Å². The fraction of sp³-hybridized carbons (Fsp3) is 0.312. The molecule has 5 nitrogen and oxygen atoms in total. The number of fused-ring (bicyclic) bond motifs is 1. The average molecular weight is 383 g/mol. The van der Waals surface area contributed by atoms with Gasteiger partial charge in [-0.2, -0.15) is 4.31 Å². The smallest absolute Gasteiger partial charge is 0.252 e. The zero-order valence-corrected chi connectivity index (χ0v) is 15.7. The Labute approximate surface area is 150 Å². The van der Waals surface area contributed by atoms with E-state index in [4.69, 9.17) is 0 Å². The van der Waals surface area contributed by atoms with E-state index in [2.05, 4.69) is 0 Å². The van der Waals surface area contributed by atoms with Gasteiger partial charge in [-0.05, 0) is 35.8 Å². The normalized spacial score (nSPS) is 15.2. The third kappa shape index (κ3) is 3.51. The van der Waals surface area contributed by atoms with Crippen LogP contribution in [-0.2, 0) is 14.8 Å². The number of carbonyl (C=O) groups excluding carboxylic acids is 1. The molecule has 1 aromatic carbocycles. The number of sulfonamides is 1. The lowest BCUT2D eigenvalue weighted by Crippen LogP contribution is -2.41. The van der Waals surface area contributed by atoms with E-state index in [0.29, 0.717) is 6.54 Å². The van der Waals surface area contributed by atoms with Crippen molar-refractivity contribution in [2.24, 2.45) is 0 Å². The Morgan fingerprint density at radius 2 is 2.04 bits per heavy atom. The fourth-order valence-corrected chi connectivity index (χ4v) is 5.83. The van der Waals surface area contributed by atoms with Crippen LogP contribution in [0.2, 0.25) is 0 Å². The van der Waals surface area contributed by atoms with E-state index in [1.807, 2.05) is 24.3 Å². The molecule has 0 radical (unpaired) electrons. The molecule has 1 aromatic heterocycles. The lowest BCUT2D eigenvalue weighted by Gasteiger charge is -2.25. The van der Waals surface area contributed by atoms with Gasteiger partial charge in [0.2, 0.25) is 5.91 Å². The van der Waals surface area contributed by atoms with Crippen LogP contribution < -0.4 is 4.90 Å². The third-order valence-corrected chi connectivity index (χ3v) is 8.08. The van der Waals surface area contributed by atoms with Crippen LogP contribution >= 0.6 is 23.1 Å². The third-order valence-electron chi connectivity index (χ3n) is 3.76. The van der Waals surface area contributed by atoms with Gasteiger partial charge in [0.15, 0.2) is 0 Å². The maximum absolute atomic E-state index is 12.8. The van der Waals surface area contributed by atoms with Gasteiger partial charge in [-0.15, -0.1) is 23.1 Å². The monoisotopic (exact) mass is 382 g/mol. The number of para-hydroxylation sites is 1. The Kier molecular flexibility index (Phi) is 5.29. The molecule has 0 fully saturated rings. The van der Waals surface area contributed by atoms with Crippen molar-refractivity contribution in [3.05, 3.63) is 41.8 Å². The first-order valence-electron chi connectivity index (χ1n) is 7.52. The molecule has 1 aliphatic rings. The van der Waals surface area contributed by atoms with Crippen LogP contribution in [0, 0.1) is 0 Å². The van der Waals surface area contributed by atoms with Crippen molar-refractivity contribution < 1.29 is 13.2 Å². The molecule has 128 valence electrons. The van der Waals surface area contributed by atoms with Crippen LogP contribution in [0.3, 0.4) is 0 Å². The van der Waals surface area contributed by atoms with E-state index in [0.717, 1.165) is 38.4 Å². The molecule has 0 unspecified atom stereocenters. The second-order valence-electron chi connectivity index (χ2n) is 5.41. The summed E-state index contributed by atoms with van der Waals surface area (Å²) < 4.78 is 26.4. The summed E-state index contributed by atoms with van der Waals surface area (Å²) >= 11 is 2.88. The number of anilines is 1. The van der Waals surface area contributed by atoms with Gasteiger partial charge in [0, 0.05) is 18.5 Å². The van der Waals surface area contributed by atoms with Crippen LogP contribution in [0.25, 0.3) is 0 Å². The number of rotatable bonds is 4.